The molecule has 0 bridgehead atoms. The van der Waals surface area contributed by atoms with Gasteiger partial charge in [-0.05, 0) is 42.0 Å². The number of nitrogens with two attached hydrogens (primary N) is 1. The molecule has 1 unspecified atom stereocenters. The first kappa shape index (κ1) is 21.0. The van der Waals surface area contributed by atoms with E-state index in [0.717, 1.165) is 5.56 Å². The molecule has 0 saturated carbocycles. The number of benzene rings is 2. The van der Waals surface area contributed by atoms with Gasteiger partial charge in [0.15, 0.2) is 5.78 Å². The second-order valence-electron chi connectivity index (χ2n) is 6.59. The van der Waals surface area contributed by atoms with Gasteiger partial charge in [0.1, 0.15) is 24.7 Å². The van der Waals surface area contributed by atoms with Gasteiger partial charge < -0.3 is 20.3 Å². The van der Waals surface area contributed by atoms with Crippen LogP contribution in [0.4, 0.5) is 0 Å². The molecule has 1 aromatic heterocycles. The van der Waals surface area contributed by atoms with Crippen LogP contribution in [0.2, 0.25) is 0 Å². The van der Waals surface area contributed by atoms with Crippen molar-refractivity contribution in [2.45, 2.75) is 6.61 Å². The van der Waals surface area contributed by atoms with Crippen LogP contribution in [0, 0.1) is 5.92 Å². The Morgan fingerprint density at radius 2 is 1.87 bits per heavy atom. The molecule has 3 aromatic rings. The van der Waals surface area contributed by atoms with E-state index in [1.54, 1.807) is 54.9 Å². The average Bonchev–Trinajstić information content (AvgIpc) is 2.79. The molecule has 154 valence electrons. The zero-order valence-corrected chi connectivity index (χ0v) is 16.2. The van der Waals surface area contributed by atoms with Gasteiger partial charge in [-0.15, -0.1) is 0 Å². The fourth-order valence-corrected chi connectivity index (χ4v) is 2.79. The lowest BCUT2D eigenvalue weighted by Gasteiger charge is -2.23. The van der Waals surface area contributed by atoms with Gasteiger partial charge in [-0.2, -0.15) is 0 Å². The van der Waals surface area contributed by atoms with Crippen LogP contribution < -0.4 is 15.2 Å². The van der Waals surface area contributed by atoms with Crippen molar-refractivity contribution in [3.05, 3.63) is 89.7 Å². The molecule has 2 aromatic carbocycles. The summed E-state index contributed by atoms with van der Waals surface area (Å²) in [5.41, 5.74) is 7.04. The zero-order valence-electron chi connectivity index (χ0n) is 16.2. The van der Waals surface area contributed by atoms with Gasteiger partial charge >= 0.3 is 0 Å². The van der Waals surface area contributed by atoms with Crippen molar-refractivity contribution in [3.63, 3.8) is 0 Å². The van der Waals surface area contributed by atoms with Crippen molar-refractivity contribution in [1.82, 2.24) is 4.98 Å². The predicted octanol–water partition coefficient (Wildman–Crippen LogP) is 2.63. The highest BCUT2D eigenvalue weighted by Gasteiger charge is 2.28. The average molecular weight is 406 g/mol. The molecule has 1 atom stereocenters. The summed E-state index contributed by atoms with van der Waals surface area (Å²) in [7, 11) is 0. The fraction of sp³-hybridized carbons (Fsp3) is 0.174. The smallest absolute Gasteiger partial charge is 0.248 e. The van der Waals surface area contributed by atoms with Crippen molar-refractivity contribution >= 4 is 11.7 Å². The second-order valence-corrected chi connectivity index (χ2v) is 6.59. The largest absolute Gasteiger partial charge is 0.492 e. The minimum atomic E-state index is -0.471. The normalized spacial score (nSPS) is 14.6. The number of nitrogens with zero attached hydrogens (tertiary/aromatic N) is 1. The first-order chi connectivity index (χ1) is 14.6. The summed E-state index contributed by atoms with van der Waals surface area (Å²) in [4.78, 5) is 26.4. The predicted molar refractivity (Wildman–Crippen MR) is 110 cm³/mol. The molecule has 2 heterocycles. The maximum atomic E-state index is 12.1. The number of carbonyl (C=O) groups excluding carboxylic acids is 2. The van der Waals surface area contributed by atoms with Crippen molar-refractivity contribution in [2.24, 2.45) is 11.7 Å². The Labute approximate surface area is 174 Å². The molecule has 4 rings (SSSR count). The quantitative estimate of drug-likeness (QED) is 0.674. The molecule has 1 aliphatic heterocycles. The van der Waals surface area contributed by atoms with Crippen LogP contribution in [0.25, 0.3) is 0 Å². The van der Waals surface area contributed by atoms with E-state index in [0.29, 0.717) is 29.2 Å². The monoisotopic (exact) mass is 406 g/mol. The number of ketones is 1. The zero-order chi connectivity index (χ0) is 21.3. The lowest BCUT2D eigenvalue weighted by molar-refractivity contribution is 0.0737. The Balaban J connectivity index is 0.000000239. The van der Waals surface area contributed by atoms with Crippen molar-refractivity contribution in [2.75, 3.05) is 13.2 Å². The topological polar surface area (TPSA) is 112 Å². The number of Topliss-reactive ketones (excluding diaryl/α,β-unsaturated/α-hetero) is 1. The van der Waals surface area contributed by atoms with Gasteiger partial charge in [0.05, 0.1) is 18.1 Å². The van der Waals surface area contributed by atoms with Gasteiger partial charge in [0.25, 0.3) is 0 Å². The number of aliphatic hydroxyl groups excluding tert-OH is 1. The Morgan fingerprint density at radius 3 is 2.50 bits per heavy atom. The number of ether oxygens (including phenoxy) is 2. The number of rotatable bonds is 5. The fourth-order valence-electron chi connectivity index (χ4n) is 2.79. The summed E-state index contributed by atoms with van der Waals surface area (Å²) >= 11 is 0. The standard InChI is InChI=1S/C16H15NO4.C7H7NO/c18-8-12-10-21-15-7-13(1-2-14(15)16(12)19)20-9-11-3-5-17-6-4-11;8-7(9)6-4-2-1-3-5-6/h1-7,12,18H,8-10H2;1-5H,(H2,8,9). The maximum absolute atomic E-state index is 12.1. The number of hydrogen-bond donors (Lipinski definition) is 2. The molecular formula is C23H22N2O5. The van der Waals surface area contributed by atoms with Gasteiger partial charge in [-0.1, -0.05) is 18.2 Å². The molecule has 0 fully saturated rings. The van der Waals surface area contributed by atoms with E-state index in [4.69, 9.17) is 20.3 Å². The van der Waals surface area contributed by atoms with E-state index < -0.39 is 5.92 Å². The van der Waals surface area contributed by atoms with E-state index in [1.165, 1.54) is 0 Å². The summed E-state index contributed by atoms with van der Waals surface area (Å²) in [6.07, 6.45) is 3.42. The van der Waals surface area contributed by atoms with E-state index in [1.807, 2.05) is 18.2 Å². The lowest BCUT2D eigenvalue weighted by atomic mass is 9.96. The van der Waals surface area contributed by atoms with Gasteiger partial charge in [-0.25, -0.2) is 0 Å². The molecule has 0 saturated heterocycles. The first-order valence-corrected chi connectivity index (χ1v) is 9.37. The van der Waals surface area contributed by atoms with E-state index >= 15 is 0 Å². The molecule has 3 N–H and O–H groups in total. The van der Waals surface area contributed by atoms with Crippen LogP contribution in [0.1, 0.15) is 26.3 Å². The summed E-state index contributed by atoms with van der Waals surface area (Å²) in [5, 5.41) is 9.12. The van der Waals surface area contributed by atoms with Crippen LogP contribution in [0.5, 0.6) is 11.5 Å². The highest BCUT2D eigenvalue weighted by molar-refractivity contribution is 6.01. The summed E-state index contributed by atoms with van der Waals surface area (Å²) in [6.45, 7) is 0.434. The van der Waals surface area contributed by atoms with Crippen LogP contribution in [0.3, 0.4) is 0 Å². The Morgan fingerprint density at radius 1 is 1.13 bits per heavy atom. The number of hydrogen-bond acceptors (Lipinski definition) is 6. The number of aromatic nitrogens is 1. The van der Waals surface area contributed by atoms with Gasteiger partial charge in [-0.3, -0.25) is 14.6 Å². The molecular weight excluding hydrogens is 384 g/mol. The number of pyridine rings is 1. The van der Waals surface area contributed by atoms with Crippen LogP contribution >= 0.6 is 0 Å². The van der Waals surface area contributed by atoms with Crippen molar-refractivity contribution in [1.29, 1.82) is 0 Å². The van der Waals surface area contributed by atoms with Crippen molar-refractivity contribution in [3.8, 4) is 11.5 Å². The third-order valence-corrected chi connectivity index (χ3v) is 4.46. The van der Waals surface area contributed by atoms with E-state index in [9.17, 15) is 9.59 Å². The molecule has 1 aliphatic rings. The summed E-state index contributed by atoms with van der Waals surface area (Å²) < 4.78 is 11.2. The minimum absolute atomic E-state index is 0.0839. The number of primary amides is 1. The van der Waals surface area contributed by atoms with Crippen LogP contribution in [-0.2, 0) is 6.61 Å². The summed E-state index contributed by atoms with van der Waals surface area (Å²) in [6, 6.07) is 17.6. The Kier molecular flexibility index (Phi) is 7.13. The highest BCUT2D eigenvalue weighted by atomic mass is 16.5. The third-order valence-electron chi connectivity index (χ3n) is 4.46. The third kappa shape index (κ3) is 5.42. The maximum Gasteiger partial charge on any atom is 0.248 e. The minimum Gasteiger partial charge on any atom is -0.492 e. The number of carbonyl (C=O) groups is 2. The Hall–Kier alpha value is -3.71. The highest BCUT2D eigenvalue weighted by Crippen LogP contribution is 2.31. The Bertz CT molecular complexity index is 993. The number of aliphatic hydroxyl groups is 1. The molecule has 0 aliphatic carbocycles. The molecule has 7 heteroatoms. The van der Waals surface area contributed by atoms with E-state index in [2.05, 4.69) is 4.98 Å². The van der Waals surface area contributed by atoms with Crippen LogP contribution in [-0.4, -0.2) is 35.0 Å². The SMILES string of the molecule is NC(=O)c1ccccc1.O=C1c2ccc(OCc3ccncc3)cc2OCC1CO. The molecule has 0 radical (unpaired) electrons. The van der Waals surface area contributed by atoms with Crippen molar-refractivity contribution < 1.29 is 24.2 Å². The molecule has 30 heavy (non-hydrogen) atoms. The van der Waals surface area contributed by atoms with Gasteiger partial charge in [0, 0.05) is 24.0 Å². The molecule has 7 nitrogen and oxygen atoms in total. The molecule has 0 spiro atoms. The lowest BCUT2D eigenvalue weighted by Crippen LogP contribution is -2.30. The van der Waals surface area contributed by atoms with E-state index in [-0.39, 0.29) is 24.9 Å². The summed E-state index contributed by atoms with van der Waals surface area (Å²) in [5.74, 6) is 0.217. The van der Waals surface area contributed by atoms with Gasteiger partial charge in [0.2, 0.25) is 5.91 Å². The number of fused-ring (bicyclic) bond motifs is 1. The molecule has 1 amide bonds. The number of amides is 1. The second kappa shape index (κ2) is 10.2. The van der Waals surface area contributed by atoms with Crippen LogP contribution in [0.15, 0.2) is 73.1 Å². The first-order valence-electron chi connectivity index (χ1n) is 9.37.